The van der Waals surface area contributed by atoms with Crippen molar-refractivity contribution in [3.05, 3.63) is 74.8 Å². The van der Waals surface area contributed by atoms with Gasteiger partial charge in [-0.05, 0) is 30.7 Å². The van der Waals surface area contributed by atoms with Crippen molar-refractivity contribution in [3.63, 3.8) is 0 Å². The van der Waals surface area contributed by atoms with Crippen LogP contribution in [0.15, 0.2) is 42.5 Å². The van der Waals surface area contributed by atoms with Gasteiger partial charge in [-0.3, -0.25) is 19.8 Å². The van der Waals surface area contributed by atoms with E-state index in [0.29, 0.717) is 12.1 Å². The van der Waals surface area contributed by atoms with Gasteiger partial charge in [-0.15, -0.1) is 0 Å². The second-order valence-corrected chi connectivity index (χ2v) is 7.44. The smallest absolute Gasteiger partial charge is 0.285 e. The SMILES string of the molecule is CCN1CCN(Cc2ccc(CNC(=O)c3cccc(C)c3[N+](=O)[O-])cc2)CC1. The summed E-state index contributed by atoms with van der Waals surface area (Å²) in [5.41, 5.74) is 2.65. The average Bonchev–Trinajstić information content (AvgIpc) is 2.73. The van der Waals surface area contributed by atoms with Gasteiger partial charge in [0.25, 0.3) is 11.6 Å². The monoisotopic (exact) mass is 396 g/mol. The number of nitro groups is 1. The number of amides is 1. The van der Waals surface area contributed by atoms with Crippen LogP contribution in [0.1, 0.15) is 34.0 Å². The largest absolute Gasteiger partial charge is 0.348 e. The standard InChI is InChI=1S/C22H28N4O3/c1-3-24-11-13-25(14-12-24)16-19-9-7-18(8-10-19)15-23-22(27)20-6-4-5-17(2)21(20)26(28)29/h4-10H,3,11-16H2,1-2H3,(H,23,27). The lowest BCUT2D eigenvalue weighted by atomic mass is 10.1. The van der Waals surface area contributed by atoms with Gasteiger partial charge >= 0.3 is 0 Å². The van der Waals surface area contributed by atoms with E-state index in [4.69, 9.17) is 0 Å². The first-order chi connectivity index (χ1) is 14.0. The number of nitrogens with one attached hydrogen (secondary N) is 1. The summed E-state index contributed by atoms with van der Waals surface area (Å²) in [5.74, 6) is -0.432. The van der Waals surface area contributed by atoms with Gasteiger partial charge < -0.3 is 10.2 Å². The van der Waals surface area contributed by atoms with Crippen molar-refractivity contribution in [2.24, 2.45) is 0 Å². The number of rotatable bonds is 7. The Labute approximate surface area is 171 Å². The first kappa shape index (κ1) is 21.0. The van der Waals surface area contributed by atoms with Crippen molar-refractivity contribution < 1.29 is 9.72 Å². The van der Waals surface area contributed by atoms with Gasteiger partial charge in [0.05, 0.1) is 4.92 Å². The zero-order valence-corrected chi connectivity index (χ0v) is 17.1. The Morgan fingerprint density at radius 3 is 2.28 bits per heavy atom. The van der Waals surface area contributed by atoms with Crippen LogP contribution in [0.2, 0.25) is 0 Å². The molecule has 3 rings (SSSR count). The van der Waals surface area contributed by atoms with Crippen LogP contribution in [0, 0.1) is 17.0 Å². The maximum Gasteiger partial charge on any atom is 0.285 e. The number of hydrogen-bond acceptors (Lipinski definition) is 5. The van der Waals surface area contributed by atoms with E-state index in [1.165, 1.54) is 11.6 Å². The lowest BCUT2D eigenvalue weighted by Gasteiger charge is -2.34. The summed E-state index contributed by atoms with van der Waals surface area (Å²) < 4.78 is 0. The Kier molecular flexibility index (Phi) is 6.95. The number of carbonyl (C=O) groups is 1. The van der Waals surface area contributed by atoms with Crippen molar-refractivity contribution in [1.82, 2.24) is 15.1 Å². The lowest BCUT2D eigenvalue weighted by Crippen LogP contribution is -2.45. The van der Waals surface area contributed by atoms with Crippen molar-refractivity contribution in [1.29, 1.82) is 0 Å². The minimum Gasteiger partial charge on any atom is -0.348 e. The molecule has 0 radical (unpaired) electrons. The zero-order chi connectivity index (χ0) is 20.8. The summed E-state index contributed by atoms with van der Waals surface area (Å²) in [7, 11) is 0. The Hall–Kier alpha value is -2.77. The highest BCUT2D eigenvalue weighted by atomic mass is 16.6. The molecule has 0 unspecified atom stereocenters. The normalized spacial score (nSPS) is 15.2. The Balaban J connectivity index is 1.55. The third-order valence-electron chi connectivity index (χ3n) is 5.46. The van der Waals surface area contributed by atoms with Gasteiger partial charge in [-0.25, -0.2) is 0 Å². The highest BCUT2D eigenvalue weighted by molar-refractivity contribution is 5.98. The summed E-state index contributed by atoms with van der Waals surface area (Å²) in [6, 6.07) is 13.0. The van der Waals surface area contributed by atoms with Gasteiger partial charge in [-0.2, -0.15) is 0 Å². The first-order valence-electron chi connectivity index (χ1n) is 10.0. The number of nitro benzene ring substituents is 1. The molecule has 2 aromatic rings. The van der Waals surface area contributed by atoms with E-state index < -0.39 is 10.8 Å². The molecule has 29 heavy (non-hydrogen) atoms. The Bertz CT molecular complexity index is 859. The fourth-order valence-corrected chi connectivity index (χ4v) is 3.65. The second kappa shape index (κ2) is 9.62. The van der Waals surface area contributed by atoms with Gasteiger partial charge in [0.2, 0.25) is 0 Å². The van der Waals surface area contributed by atoms with Crippen LogP contribution in [0.5, 0.6) is 0 Å². The maximum absolute atomic E-state index is 12.5. The molecule has 0 spiro atoms. The molecule has 7 nitrogen and oxygen atoms in total. The van der Waals surface area contributed by atoms with E-state index >= 15 is 0 Å². The van der Waals surface area contributed by atoms with E-state index in [2.05, 4.69) is 34.2 Å². The molecule has 1 aliphatic heterocycles. The van der Waals surface area contributed by atoms with E-state index in [0.717, 1.165) is 44.8 Å². The Morgan fingerprint density at radius 2 is 1.66 bits per heavy atom. The number of likely N-dealkylation sites (N-methyl/N-ethyl adjacent to an activating group) is 1. The molecule has 154 valence electrons. The van der Waals surface area contributed by atoms with Gasteiger partial charge in [0, 0.05) is 44.8 Å². The molecule has 0 bridgehead atoms. The van der Waals surface area contributed by atoms with Crippen molar-refractivity contribution in [2.75, 3.05) is 32.7 Å². The second-order valence-electron chi connectivity index (χ2n) is 7.44. The third-order valence-corrected chi connectivity index (χ3v) is 5.46. The molecule has 1 aliphatic rings. The molecule has 1 saturated heterocycles. The van der Waals surface area contributed by atoms with Crippen LogP contribution < -0.4 is 5.32 Å². The van der Waals surface area contributed by atoms with Gasteiger partial charge in [-0.1, -0.05) is 43.3 Å². The van der Waals surface area contributed by atoms with Crippen LogP contribution in [-0.4, -0.2) is 53.4 Å². The van der Waals surface area contributed by atoms with Crippen LogP contribution in [0.25, 0.3) is 0 Å². The fraction of sp³-hybridized carbons (Fsp3) is 0.409. The van der Waals surface area contributed by atoms with E-state index in [1.807, 2.05) is 12.1 Å². The molecule has 0 atom stereocenters. The quantitative estimate of drug-likeness (QED) is 0.575. The molecular weight excluding hydrogens is 368 g/mol. The number of piperazine rings is 1. The highest BCUT2D eigenvalue weighted by Gasteiger charge is 2.22. The molecule has 0 aliphatic carbocycles. The fourth-order valence-electron chi connectivity index (χ4n) is 3.65. The average molecular weight is 396 g/mol. The summed E-state index contributed by atoms with van der Waals surface area (Å²) in [6.07, 6.45) is 0. The third kappa shape index (κ3) is 5.40. The molecule has 1 amide bonds. The predicted octanol–water partition coefficient (Wildman–Crippen LogP) is 2.97. The minimum absolute atomic E-state index is 0.0952. The van der Waals surface area contributed by atoms with Crippen molar-refractivity contribution in [2.45, 2.75) is 26.9 Å². The van der Waals surface area contributed by atoms with Crippen molar-refractivity contribution in [3.8, 4) is 0 Å². The topological polar surface area (TPSA) is 78.7 Å². The van der Waals surface area contributed by atoms with Gasteiger partial charge in [0.1, 0.15) is 5.56 Å². The summed E-state index contributed by atoms with van der Waals surface area (Å²) in [5, 5.41) is 14.1. The van der Waals surface area contributed by atoms with Crippen LogP contribution in [-0.2, 0) is 13.1 Å². The Morgan fingerprint density at radius 1 is 1.03 bits per heavy atom. The molecule has 2 aromatic carbocycles. The summed E-state index contributed by atoms with van der Waals surface area (Å²) in [6.45, 7) is 10.6. The summed E-state index contributed by atoms with van der Waals surface area (Å²) >= 11 is 0. The lowest BCUT2D eigenvalue weighted by molar-refractivity contribution is -0.385. The molecule has 1 heterocycles. The minimum atomic E-state index is -0.501. The van der Waals surface area contributed by atoms with Crippen LogP contribution in [0.3, 0.4) is 0 Å². The van der Waals surface area contributed by atoms with Crippen LogP contribution in [0.4, 0.5) is 5.69 Å². The van der Waals surface area contributed by atoms with E-state index in [-0.39, 0.29) is 11.3 Å². The van der Waals surface area contributed by atoms with E-state index in [9.17, 15) is 14.9 Å². The van der Waals surface area contributed by atoms with Crippen LogP contribution >= 0.6 is 0 Å². The number of benzene rings is 2. The number of carbonyl (C=O) groups excluding carboxylic acids is 1. The zero-order valence-electron chi connectivity index (χ0n) is 17.1. The molecular formula is C22H28N4O3. The number of aryl methyl sites for hydroxylation is 1. The number of nitrogens with zero attached hydrogens (tertiary/aromatic N) is 3. The molecule has 0 saturated carbocycles. The first-order valence-corrected chi connectivity index (χ1v) is 10.0. The predicted molar refractivity (Wildman–Crippen MR) is 113 cm³/mol. The number of para-hydroxylation sites is 1. The molecule has 1 fully saturated rings. The van der Waals surface area contributed by atoms with E-state index in [1.54, 1.807) is 19.1 Å². The molecule has 0 aromatic heterocycles. The molecule has 1 N–H and O–H groups in total. The maximum atomic E-state index is 12.5. The van der Waals surface area contributed by atoms with Gasteiger partial charge in [0.15, 0.2) is 0 Å². The highest BCUT2D eigenvalue weighted by Crippen LogP contribution is 2.23. The summed E-state index contributed by atoms with van der Waals surface area (Å²) in [4.78, 5) is 28.1. The van der Waals surface area contributed by atoms with Crippen molar-refractivity contribution >= 4 is 11.6 Å². The number of hydrogen-bond donors (Lipinski definition) is 1. The molecule has 7 heteroatoms.